The number of aromatic amines is 1. The number of carbonyl (C=O) groups is 16. The van der Waals surface area contributed by atoms with Gasteiger partial charge in [0.1, 0.15) is 78.5 Å². The van der Waals surface area contributed by atoms with Crippen LogP contribution in [0.4, 0.5) is 0 Å². The number of H-pyrrole nitrogens is 1. The second-order valence-corrected chi connectivity index (χ2v) is 31.2. The van der Waals surface area contributed by atoms with Crippen molar-refractivity contribution >= 4 is 135 Å². The van der Waals surface area contributed by atoms with E-state index in [-0.39, 0.29) is 181 Å². The summed E-state index contributed by atoms with van der Waals surface area (Å²) in [5, 5.41) is 83.4. The maximum Gasteiger partial charge on any atom is 0.246 e. The van der Waals surface area contributed by atoms with Crippen molar-refractivity contribution in [2.24, 2.45) is 51.6 Å². The van der Waals surface area contributed by atoms with E-state index in [1.54, 1.807) is 30.5 Å². The number of primary amides is 2. The van der Waals surface area contributed by atoms with Gasteiger partial charge in [0.2, 0.25) is 94.5 Å². The van der Waals surface area contributed by atoms with E-state index in [4.69, 9.17) is 78.6 Å². The average molecular weight is 1790 g/mol. The first kappa shape index (κ1) is 104. The van der Waals surface area contributed by atoms with E-state index in [2.05, 4.69) is 95.4 Å². The Bertz CT molecular complexity index is 4190. The number of fused-ring (bicyclic) bond motifs is 3. The van der Waals surface area contributed by atoms with E-state index >= 15 is 28.8 Å². The van der Waals surface area contributed by atoms with Crippen LogP contribution in [0, 0.1) is 27.0 Å². The minimum Gasteiger partial charge on any atom is -0.370 e. The van der Waals surface area contributed by atoms with Crippen molar-refractivity contribution in [2.45, 2.75) is 240 Å². The summed E-state index contributed by atoms with van der Waals surface area (Å²) >= 11 is 0. The lowest BCUT2D eigenvalue weighted by molar-refractivity contribution is -0.148. The van der Waals surface area contributed by atoms with Gasteiger partial charge in [-0.15, -0.1) is 0 Å². The van der Waals surface area contributed by atoms with Gasteiger partial charge >= 0.3 is 0 Å². The zero-order valence-electron chi connectivity index (χ0n) is 71.6. The second-order valence-electron chi connectivity index (χ2n) is 31.2. The smallest absolute Gasteiger partial charge is 0.246 e. The normalized spacial score (nSPS) is 23.6. The maximum absolute atomic E-state index is 15.4. The number of nitrogens with one attached hydrogen (secondary N) is 23. The van der Waals surface area contributed by atoms with Gasteiger partial charge in [0.25, 0.3) is 0 Å². The van der Waals surface area contributed by atoms with Gasteiger partial charge in [-0.05, 0) is 166 Å². The van der Waals surface area contributed by atoms with Crippen LogP contribution < -0.4 is 142 Å². The highest BCUT2D eigenvalue weighted by atomic mass is 16.2. The third-order valence-corrected chi connectivity index (χ3v) is 21.2. The lowest BCUT2D eigenvalue weighted by Crippen LogP contribution is -2.61. The van der Waals surface area contributed by atoms with Gasteiger partial charge in [0.15, 0.2) is 29.8 Å². The lowest BCUT2D eigenvalue weighted by Gasteiger charge is -2.34. The van der Waals surface area contributed by atoms with Crippen LogP contribution in [-0.4, -0.2) is 283 Å². The molecule has 0 aliphatic carbocycles. The maximum atomic E-state index is 15.4. The molecule has 3 aliphatic rings. The van der Waals surface area contributed by atoms with Crippen molar-refractivity contribution in [3.63, 3.8) is 0 Å². The van der Waals surface area contributed by atoms with E-state index in [9.17, 15) is 47.9 Å². The van der Waals surface area contributed by atoms with Crippen molar-refractivity contribution in [3.05, 3.63) is 36.0 Å². The molecule has 3 saturated heterocycles. The minimum absolute atomic E-state index is 0.00542. The molecule has 2 aromatic rings. The number of nitrogens with two attached hydrogens (primary N) is 9. The number of amides is 16. The van der Waals surface area contributed by atoms with Crippen LogP contribution in [0.15, 0.2) is 30.5 Å². The van der Waals surface area contributed by atoms with Crippen LogP contribution in [0.3, 0.4) is 0 Å². The Hall–Kier alpha value is -13.4. The Labute approximate surface area is 733 Å². The van der Waals surface area contributed by atoms with Crippen LogP contribution in [0.2, 0.25) is 0 Å². The standard InChI is InChI=1S/C77H130N34O16/c1-41-60(115)98-40-59(114)100-45(17-4-6-28-78)62(117)106-51(26-27-57(80)112)67(122)103-50(22-11-33-95-76(88)89)66(121)108-54(38-58(81)113)69(124)105-49(21-10-32-94-75(86)87)65(120)107-52(23-12-34-96-77(90)91)71(126)111-36-14-25-56(111)72(127)110-35-13-24-55(110)70(125)109-53(37-42-39-97-44-16-3-2-15-43(42)44)68(123)104-48(20-9-31-93-74(84)85)64(119)101-46(18-5-7-29-79)63(118)102-47(61(116)99-41)19-8-30-92-73(82)83/h2-3,15-16,39,41,45-56,97H,4-14,17-38,40,78-79H2,1H3,(H2,80,112)(H2,81,113)(H,98,115)(H,99,116)(H,100,114)(H,101,119)(H,102,118)(H,103,122)(H,104,123)(H,105,124)(H,106,117)(H,107,120)(H,108,121)(H,109,125)(H4,82,83,92)(H4,84,85,93)(H4,86,87,94)(H4,88,89,95)(H4,90,91,96)/t41-,45-,46-,47-,48-,49-,50-,51-,52-,53-,54-,55+,56-/m0/s1. The predicted octanol–water partition coefficient (Wildman–Crippen LogP) is -10.1. The SMILES string of the molecule is C[C@@H]1NC(=O)[C@H](CCCNC(=N)N)NC(=O)[C@H](CCCCN)NC(=O)[C@H](CCCNC(=N)N)NC(=O)[C@H](Cc2c[nH]c3ccccc23)NC(=O)[C@H]2CCCN2C(=O)[C@@H]2CCCN2C(=O)[C@H](CCCNC(=N)N)NC(=O)[C@H](CCCNC(=N)N)NC(=O)[C@H](CC(N)=O)NC(=O)[C@H](CCCNC(=N)N)NC(=O)[C@H](CCC(N)=O)NC(=O)[C@H](CCCCN)NC(=O)CNC1=O. The van der Waals surface area contributed by atoms with Crippen LogP contribution in [0.5, 0.6) is 0 Å². The summed E-state index contributed by atoms with van der Waals surface area (Å²) < 4.78 is 0. The molecule has 0 saturated carbocycles. The molecule has 3 aliphatic heterocycles. The molecule has 0 spiro atoms. The molecule has 41 N–H and O–H groups in total. The number of carbonyl (C=O) groups excluding carboxylic acids is 16. The molecule has 16 amide bonds. The first-order valence-electron chi connectivity index (χ1n) is 42.5. The molecule has 1 aromatic carbocycles. The Morgan fingerprint density at radius 2 is 0.732 bits per heavy atom. The van der Waals surface area contributed by atoms with Crippen molar-refractivity contribution in [2.75, 3.05) is 65.4 Å². The fourth-order valence-corrected chi connectivity index (χ4v) is 14.6. The molecule has 50 heteroatoms. The molecule has 127 heavy (non-hydrogen) atoms. The largest absolute Gasteiger partial charge is 0.370 e. The summed E-state index contributed by atoms with van der Waals surface area (Å²) in [6, 6.07) is -13.1. The number of nitrogens with zero attached hydrogens (tertiary/aromatic N) is 2. The van der Waals surface area contributed by atoms with Crippen molar-refractivity contribution < 1.29 is 76.7 Å². The molecule has 50 nitrogen and oxygen atoms in total. The molecular formula is C77H130N34O16. The van der Waals surface area contributed by atoms with E-state index in [1.807, 2.05) is 0 Å². The van der Waals surface area contributed by atoms with E-state index in [0.29, 0.717) is 29.3 Å². The van der Waals surface area contributed by atoms with Gasteiger partial charge in [-0.1, -0.05) is 18.2 Å². The summed E-state index contributed by atoms with van der Waals surface area (Å²) in [5.41, 5.74) is 52.0. The molecule has 0 unspecified atom stereocenters. The minimum atomic E-state index is -1.96. The number of hydrogen-bond donors (Lipinski definition) is 32. The molecule has 1 aromatic heterocycles. The fraction of sp³-hybridized carbons (Fsp3) is 0.623. The fourth-order valence-electron chi connectivity index (χ4n) is 14.6. The van der Waals surface area contributed by atoms with Crippen LogP contribution in [0.25, 0.3) is 10.9 Å². The molecule has 3 fully saturated rings. The molecule has 13 atom stereocenters. The van der Waals surface area contributed by atoms with Crippen LogP contribution in [-0.2, 0) is 83.1 Å². The predicted molar refractivity (Wildman–Crippen MR) is 465 cm³/mol. The third-order valence-electron chi connectivity index (χ3n) is 21.2. The quantitative estimate of drug-likeness (QED) is 0.0173. The van der Waals surface area contributed by atoms with Crippen LogP contribution in [0.1, 0.15) is 160 Å². The number of rotatable bonds is 35. The molecule has 0 radical (unpaired) electrons. The zero-order chi connectivity index (χ0) is 93.8. The average Bonchev–Trinajstić information content (AvgIpc) is 1.66. The highest BCUT2D eigenvalue weighted by molar-refractivity contribution is 6.02. The monoisotopic (exact) mass is 1790 g/mol. The molecule has 4 heterocycles. The van der Waals surface area contributed by atoms with Gasteiger partial charge < -0.3 is 157 Å². The second kappa shape index (κ2) is 54.3. The first-order valence-corrected chi connectivity index (χ1v) is 42.5. The Balaban J connectivity index is 1.67. The van der Waals surface area contributed by atoms with Crippen molar-refractivity contribution in [3.8, 4) is 0 Å². The number of benzene rings is 1. The Kier molecular flexibility index (Phi) is 44.5. The van der Waals surface area contributed by atoms with E-state index in [1.165, 1.54) is 16.7 Å². The summed E-state index contributed by atoms with van der Waals surface area (Å²) in [4.78, 5) is 238. The number of unbranched alkanes of at least 4 members (excludes halogenated alkanes) is 2. The zero-order valence-corrected chi connectivity index (χ0v) is 71.6. The summed E-state index contributed by atoms with van der Waals surface area (Å²) in [6.07, 6.45) is -0.390. The van der Waals surface area contributed by atoms with Gasteiger partial charge in [0, 0.05) is 75.8 Å². The highest BCUT2D eigenvalue weighted by Crippen LogP contribution is 2.28. The van der Waals surface area contributed by atoms with Crippen molar-refractivity contribution in [1.29, 1.82) is 27.0 Å². The Morgan fingerprint density at radius 3 is 1.15 bits per heavy atom. The van der Waals surface area contributed by atoms with Gasteiger partial charge in [-0.2, -0.15) is 0 Å². The number of guanidine groups is 5. The summed E-state index contributed by atoms with van der Waals surface area (Å²) in [6.45, 7) is 0.444. The molecular weight excluding hydrogens is 1660 g/mol. The lowest BCUT2D eigenvalue weighted by atomic mass is 10.0. The third kappa shape index (κ3) is 36.7. The molecule has 704 valence electrons. The van der Waals surface area contributed by atoms with Gasteiger partial charge in [-0.25, -0.2) is 0 Å². The highest BCUT2D eigenvalue weighted by Gasteiger charge is 2.46. The number of aromatic nitrogens is 1. The molecule has 5 rings (SSSR count). The number of hydrogen-bond acceptors (Lipinski definition) is 23. The van der Waals surface area contributed by atoms with Gasteiger partial charge in [-0.3, -0.25) is 104 Å². The summed E-state index contributed by atoms with van der Waals surface area (Å²) in [5.74, 6) is -17.9. The van der Waals surface area contributed by atoms with E-state index < -0.39 is 229 Å². The molecule has 0 bridgehead atoms. The Morgan fingerprint density at radius 1 is 0.386 bits per heavy atom. The van der Waals surface area contributed by atoms with Gasteiger partial charge in [0.05, 0.1) is 13.0 Å². The van der Waals surface area contributed by atoms with Crippen molar-refractivity contribution in [1.82, 2.24) is 105 Å². The summed E-state index contributed by atoms with van der Waals surface area (Å²) in [7, 11) is 0. The number of para-hydroxylation sites is 1. The first-order chi connectivity index (χ1) is 60.4. The topological polar surface area (TPSA) is 853 Å². The van der Waals surface area contributed by atoms with E-state index in [0.717, 1.165) is 0 Å². The van der Waals surface area contributed by atoms with Crippen LogP contribution >= 0.6 is 0 Å².